The summed E-state index contributed by atoms with van der Waals surface area (Å²) in [5, 5.41) is 0. The van der Waals surface area contributed by atoms with Crippen molar-refractivity contribution in [1.82, 2.24) is 0 Å². The van der Waals surface area contributed by atoms with Crippen LogP contribution in [0.25, 0.3) is 0 Å². The van der Waals surface area contributed by atoms with Crippen LogP contribution in [-0.2, 0) is 13.0 Å². The second kappa shape index (κ2) is 7.00. The van der Waals surface area contributed by atoms with Gasteiger partial charge in [-0.2, -0.15) is 0 Å². The zero-order valence-electron chi connectivity index (χ0n) is 11.6. The van der Waals surface area contributed by atoms with E-state index in [-0.39, 0.29) is 18.2 Å². The SMILES string of the molecule is CC(N)Cc1cc(Br)ccc1OCc1cccc(F)c1F. The van der Waals surface area contributed by atoms with Crippen LogP contribution in [0.4, 0.5) is 8.78 Å². The number of ether oxygens (including phenoxy) is 1. The molecule has 0 aliphatic heterocycles. The minimum Gasteiger partial charge on any atom is -0.489 e. The van der Waals surface area contributed by atoms with Gasteiger partial charge in [0.15, 0.2) is 11.6 Å². The predicted octanol–water partition coefficient (Wildman–Crippen LogP) is 4.20. The number of halogens is 3. The van der Waals surface area contributed by atoms with Crippen molar-refractivity contribution in [3.63, 3.8) is 0 Å². The highest BCUT2D eigenvalue weighted by molar-refractivity contribution is 9.10. The zero-order chi connectivity index (χ0) is 15.4. The van der Waals surface area contributed by atoms with Crippen LogP contribution >= 0.6 is 15.9 Å². The van der Waals surface area contributed by atoms with E-state index in [0.29, 0.717) is 12.2 Å². The normalized spacial score (nSPS) is 12.2. The number of hydrogen-bond acceptors (Lipinski definition) is 2. The maximum atomic E-state index is 13.6. The van der Waals surface area contributed by atoms with Gasteiger partial charge in [-0.05, 0) is 43.2 Å². The number of hydrogen-bond donors (Lipinski definition) is 1. The minimum absolute atomic E-state index is 0.0208. The largest absolute Gasteiger partial charge is 0.489 e. The minimum atomic E-state index is -0.872. The first-order valence-electron chi connectivity index (χ1n) is 6.57. The van der Waals surface area contributed by atoms with Gasteiger partial charge in [0.2, 0.25) is 0 Å². The fraction of sp³-hybridized carbons (Fsp3) is 0.250. The molecular weight excluding hydrogens is 340 g/mol. The Bertz CT molecular complexity index is 632. The lowest BCUT2D eigenvalue weighted by atomic mass is 10.1. The molecule has 0 bridgehead atoms. The van der Waals surface area contributed by atoms with Gasteiger partial charge in [0.05, 0.1) is 0 Å². The second-order valence-electron chi connectivity index (χ2n) is 4.94. The molecule has 2 N–H and O–H groups in total. The first kappa shape index (κ1) is 15.9. The van der Waals surface area contributed by atoms with Crippen LogP contribution in [0.15, 0.2) is 40.9 Å². The summed E-state index contributed by atoms with van der Waals surface area (Å²) in [6.45, 7) is 1.87. The van der Waals surface area contributed by atoms with E-state index >= 15 is 0 Å². The van der Waals surface area contributed by atoms with Crippen molar-refractivity contribution in [2.45, 2.75) is 26.0 Å². The summed E-state index contributed by atoms with van der Waals surface area (Å²) in [6, 6.07) is 9.57. The third kappa shape index (κ3) is 4.25. The maximum Gasteiger partial charge on any atom is 0.165 e. The van der Waals surface area contributed by atoms with Crippen LogP contribution in [0.2, 0.25) is 0 Å². The maximum absolute atomic E-state index is 13.6. The summed E-state index contributed by atoms with van der Waals surface area (Å²) < 4.78 is 33.3. The second-order valence-corrected chi connectivity index (χ2v) is 5.85. The van der Waals surface area contributed by atoms with Gasteiger partial charge in [0, 0.05) is 16.1 Å². The number of rotatable bonds is 5. The van der Waals surface area contributed by atoms with Crippen LogP contribution in [0.1, 0.15) is 18.1 Å². The summed E-state index contributed by atoms with van der Waals surface area (Å²) >= 11 is 3.40. The van der Waals surface area contributed by atoms with E-state index in [9.17, 15) is 8.78 Å². The Balaban J connectivity index is 2.18. The molecular formula is C16H16BrF2NO. The van der Waals surface area contributed by atoms with E-state index in [4.69, 9.17) is 10.5 Å². The summed E-state index contributed by atoms with van der Waals surface area (Å²) in [7, 11) is 0. The average molecular weight is 356 g/mol. The van der Waals surface area contributed by atoms with Crippen molar-refractivity contribution < 1.29 is 13.5 Å². The Morgan fingerprint density at radius 3 is 2.67 bits per heavy atom. The Hall–Kier alpha value is -1.46. The lowest BCUT2D eigenvalue weighted by molar-refractivity contribution is 0.293. The Morgan fingerprint density at radius 1 is 1.19 bits per heavy atom. The molecule has 2 nitrogen and oxygen atoms in total. The van der Waals surface area contributed by atoms with Gasteiger partial charge in [-0.1, -0.05) is 28.1 Å². The molecule has 0 saturated carbocycles. The van der Waals surface area contributed by atoms with Gasteiger partial charge in [0.1, 0.15) is 12.4 Å². The lowest BCUT2D eigenvalue weighted by Crippen LogP contribution is -2.18. The molecule has 2 aromatic rings. The van der Waals surface area contributed by atoms with Crippen molar-refractivity contribution in [1.29, 1.82) is 0 Å². The van der Waals surface area contributed by atoms with E-state index in [0.717, 1.165) is 16.1 Å². The van der Waals surface area contributed by atoms with Gasteiger partial charge in [-0.15, -0.1) is 0 Å². The van der Waals surface area contributed by atoms with Gasteiger partial charge >= 0.3 is 0 Å². The fourth-order valence-corrected chi connectivity index (χ4v) is 2.42. The predicted molar refractivity (Wildman–Crippen MR) is 82.2 cm³/mol. The molecule has 0 spiro atoms. The summed E-state index contributed by atoms with van der Waals surface area (Å²) in [5.74, 6) is -1.12. The topological polar surface area (TPSA) is 35.2 Å². The van der Waals surface area contributed by atoms with Gasteiger partial charge in [-0.25, -0.2) is 8.78 Å². The molecule has 0 heterocycles. The highest BCUT2D eigenvalue weighted by Gasteiger charge is 2.11. The van der Waals surface area contributed by atoms with Crippen molar-refractivity contribution >= 4 is 15.9 Å². The summed E-state index contributed by atoms with van der Waals surface area (Å²) in [5.41, 5.74) is 6.93. The Labute approximate surface area is 131 Å². The molecule has 0 aliphatic rings. The van der Waals surface area contributed by atoms with Gasteiger partial charge < -0.3 is 10.5 Å². The van der Waals surface area contributed by atoms with Crippen LogP contribution in [-0.4, -0.2) is 6.04 Å². The molecule has 0 aliphatic carbocycles. The molecule has 0 fully saturated rings. The third-order valence-electron chi connectivity index (χ3n) is 2.98. The highest BCUT2D eigenvalue weighted by atomic mass is 79.9. The molecule has 1 atom stereocenters. The van der Waals surface area contributed by atoms with Gasteiger partial charge in [-0.3, -0.25) is 0 Å². The van der Waals surface area contributed by atoms with Crippen molar-refractivity contribution in [2.24, 2.45) is 5.73 Å². The third-order valence-corrected chi connectivity index (χ3v) is 3.47. The summed E-state index contributed by atoms with van der Waals surface area (Å²) in [4.78, 5) is 0. The Morgan fingerprint density at radius 2 is 1.95 bits per heavy atom. The number of benzene rings is 2. The average Bonchev–Trinajstić information content (AvgIpc) is 2.41. The smallest absolute Gasteiger partial charge is 0.165 e. The Kier molecular flexibility index (Phi) is 5.31. The van der Waals surface area contributed by atoms with Crippen LogP contribution < -0.4 is 10.5 Å². The molecule has 0 aromatic heterocycles. The molecule has 1 unspecified atom stereocenters. The lowest BCUT2D eigenvalue weighted by Gasteiger charge is -2.14. The molecule has 2 aromatic carbocycles. The standard InChI is InChI=1S/C16H16BrF2NO/c1-10(20)7-12-8-13(17)5-6-15(12)21-9-11-3-2-4-14(18)16(11)19/h2-6,8,10H,7,9,20H2,1H3. The van der Waals surface area contributed by atoms with Crippen LogP contribution in [0, 0.1) is 11.6 Å². The van der Waals surface area contributed by atoms with Gasteiger partial charge in [0.25, 0.3) is 0 Å². The molecule has 5 heteroatoms. The van der Waals surface area contributed by atoms with E-state index in [2.05, 4.69) is 15.9 Å². The van der Waals surface area contributed by atoms with Crippen molar-refractivity contribution in [3.8, 4) is 5.75 Å². The zero-order valence-corrected chi connectivity index (χ0v) is 13.2. The first-order chi connectivity index (χ1) is 9.97. The van der Waals surface area contributed by atoms with E-state index < -0.39 is 11.6 Å². The molecule has 0 saturated heterocycles. The van der Waals surface area contributed by atoms with Crippen LogP contribution in [0.5, 0.6) is 5.75 Å². The quantitative estimate of drug-likeness (QED) is 0.872. The first-order valence-corrected chi connectivity index (χ1v) is 7.36. The van der Waals surface area contributed by atoms with E-state index in [1.807, 2.05) is 19.1 Å². The molecule has 2 rings (SSSR count). The van der Waals surface area contributed by atoms with Crippen molar-refractivity contribution in [3.05, 3.63) is 63.6 Å². The molecule has 21 heavy (non-hydrogen) atoms. The van der Waals surface area contributed by atoms with Crippen LogP contribution in [0.3, 0.4) is 0 Å². The monoisotopic (exact) mass is 355 g/mol. The summed E-state index contributed by atoms with van der Waals surface area (Å²) in [6.07, 6.45) is 0.639. The molecule has 0 radical (unpaired) electrons. The fourth-order valence-electron chi connectivity index (χ4n) is 2.01. The molecule has 112 valence electrons. The molecule has 0 amide bonds. The number of nitrogens with two attached hydrogens (primary N) is 1. The van der Waals surface area contributed by atoms with E-state index in [1.54, 1.807) is 6.07 Å². The highest BCUT2D eigenvalue weighted by Crippen LogP contribution is 2.25. The van der Waals surface area contributed by atoms with Crippen molar-refractivity contribution in [2.75, 3.05) is 0 Å². The van der Waals surface area contributed by atoms with E-state index in [1.165, 1.54) is 12.1 Å².